The van der Waals surface area contributed by atoms with Crippen LogP contribution in [0.4, 0.5) is 5.69 Å². The predicted octanol–water partition coefficient (Wildman–Crippen LogP) is 1.47. The molecule has 0 atom stereocenters. The van der Waals surface area contributed by atoms with Crippen LogP contribution in [-0.4, -0.2) is 71.7 Å². The van der Waals surface area contributed by atoms with Gasteiger partial charge in [-0.05, 0) is 49.8 Å². The van der Waals surface area contributed by atoms with E-state index in [4.69, 9.17) is 24.4 Å². The third-order valence-electron chi connectivity index (χ3n) is 6.68. The summed E-state index contributed by atoms with van der Waals surface area (Å²) in [5.41, 5.74) is 10.6. The smallest absolute Gasteiger partial charge is 0.340 e. The summed E-state index contributed by atoms with van der Waals surface area (Å²) in [5, 5.41) is 3.78. The van der Waals surface area contributed by atoms with E-state index in [9.17, 15) is 9.59 Å². The van der Waals surface area contributed by atoms with E-state index in [1.807, 2.05) is 6.92 Å². The zero-order valence-electron chi connectivity index (χ0n) is 20.7. The third-order valence-corrected chi connectivity index (χ3v) is 6.68. The molecule has 0 saturated carbocycles. The fourth-order valence-corrected chi connectivity index (χ4v) is 5.01. The van der Waals surface area contributed by atoms with E-state index in [0.717, 1.165) is 55.3 Å². The highest BCUT2D eigenvalue weighted by molar-refractivity contribution is 5.92. The first-order chi connectivity index (χ1) is 17.1. The van der Waals surface area contributed by atoms with Gasteiger partial charge in [-0.15, -0.1) is 0 Å². The molecule has 1 aromatic heterocycles. The number of anilines is 1. The molecule has 0 unspecified atom stereocenters. The lowest BCUT2D eigenvalue weighted by Gasteiger charge is -2.37. The minimum Gasteiger partial charge on any atom is -0.422 e. The normalized spacial score (nSPS) is 14.9. The lowest BCUT2D eigenvalue weighted by atomic mass is 9.88. The maximum absolute atomic E-state index is 12.9. The van der Waals surface area contributed by atoms with Crippen LogP contribution in [0.1, 0.15) is 35.1 Å². The van der Waals surface area contributed by atoms with Gasteiger partial charge in [0.25, 0.3) is 0 Å². The average Bonchev–Trinajstić information content (AvgIpc) is 2.86. The Kier molecular flexibility index (Phi) is 9.14. The summed E-state index contributed by atoms with van der Waals surface area (Å²) >= 11 is 0. The van der Waals surface area contributed by atoms with E-state index in [2.05, 4.69) is 16.3 Å². The van der Waals surface area contributed by atoms with Crippen LogP contribution in [0.25, 0.3) is 11.0 Å². The maximum Gasteiger partial charge on any atom is 0.340 e. The van der Waals surface area contributed by atoms with Crippen molar-refractivity contribution in [3.05, 3.63) is 38.7 Å². The monoisotopic (exact) mass is 487 g/mol. The second kappa shape index (κ2) is 12.5. The van der Waals surface area contributed by atoms with Gasteiger partial charge in [-0.2, -0.15) is 0 Å². The number of rotatable bonds is 13. The van der Waals surface area contributed by atoms with Crippen LogP contribution < -0.4 is 21.6 Å². The van der Waals surface area contributed by atoms with Gasteiger partial charge in [-0.3, -0.25) is 4.79 Å². The van der Waals surface area contributed by atoms with Crippen molar-refractivity contribution in [3.8, 4) is 0 Å². The lowest BCUT2D eigenvalue weighted by Crippen LogP contribution is -2.34. The highest BCUT2D eigenvalue weighted by atomic mass is 16.5. The molecule has 1 amide bonds. The Hall–Kier alpha value is -2.46. The largest absolute Gasteiger partial charge is 0.422 e. The molecule has 0 bridgehead atoms. The van der Waals surface area contributed by atoms with Crippen molar-refractivity contribution in [1.29, 1.82) is 0 Å². The number of amides is 1. The van der Waals surface area contributed by atoms with Gasteiger partial charge >= 0.3 is 5.63 Å². The van der Waals surface area contributed by atoms with Gasteiger partial charge in [0.05, 0.1) is 51.6 Å². The van der Waals surface area contributed by atoms with Gasteiger partial charge in [0, 0.05) is 42.8 Å². The number of aryl methyl sites for hydroxylation is 3. The summed E-state index contributed by atoms with van der Waals surface area (Å²) < 4.78 is 21.9. The fourth-order valence-electron chi connectivity index (χ4n) is 5.01. The molecule has 0 fully saturated rings. The molecular formula is C26H37N3O6. The van der Waals surface area contributed by atoms with Crippen LogP contribution >= 0.6 is 0 Å². The Morgan fingerprint density at radius 2 is 1.74 bits per heavy atom. The molecule has 9 heteroatoms. The van der Waals surface area contributed by atoms with Gasteiger partial charge in [0.1, 0.15) is 5.58 Å². The quantitative estimate of drug-likeness (QED) is 0.322. The zero-order chi connectivity index (χ0) is 24.6. The number of fused-ring (bicyclic) bond motifs is 2. The van der Waals surface area contributed by atoms with Gasteiger partial charge in [-0.1, -0.05) is 0 Å². The van der Waals surface area contributed by atoms with Crippen molar-refractivity contribution >= 4 is 22.6 Å². The van der Waals surface area contributed by atoms with Crippen LogP contribution in [0, 0.1) is 6.92 Å². The van der Waals surface area contributed by atoms with Gasteiger partial charge in [-0.25, -0.2) is 4.79 Å². The van der Waals surface area contributed by atoms with Crippen LogP contribution in [-0.2, 0) is 38.3 Å². The lowest BCUT2D eigenvalue weighted by molar-refractivity contribution is -0.120. The molecule has 0 saturated heterocycles. The Morgan fingerprint density at radius 1 is 1.06 bits per heavy atom. The molecule has 3 N–H and O–H groups in total. The van der Waals surface area contributed by atoms with Gasteiger partial charge < -0.3 is 34.6 Å². The van der Waals surface area contributed by atoms with Crippen LogP contribution in [0.3, 0.4) is 0 Å². The van der Waals surface area contributed by atoms with Crippen LogP contribution in [0.15, 0.2) is 15.3 Å². The Morgan fingerprint density at radius 3 is 2.49 bits per heavy atom. The molecule has 1 aromatic carbocycles. The SMILES string of the molecule is Cc1c(CC(=O)NCCOCCOCCOCCN)c(=O)oc2c3c4c(cc12)CCCN4CCC3. The molecule has 2 aliphatic heterocycles. The van der Waals surface area contributed by atoms with E-state index in [1.54, 1.807) is 0 Å². The van der Waals surface area contributed by atoms with Gasteiger partial charge in [0.2, 0.25) is 5.91 Å². The number of benzene rings is 1. The molecule has 2 aliphatic rings. The predicted molar refractivity (Wildman–Crippen MR) is 134 cm³/mol. The fraction of sp³-hybridized carbons (Fsp3) is 0.615. The summed E-state index contributed by atoms with van der Waals surface area (Å²) in [6.07, 6.45) is 4.16. The number of ether oxygens (including phenoxy) is 3. The van der Waals surface area contributed by atoms with Crippen molar-refractivity contribution in [1.82, 2.24) is 5.32 Å². The van der Waals surface area contributed by atoms with E-state index >= 15 is 0 Å². The van der Waals surface area contributed by atoms with E-state index in [1.165, 1.54) is 11.3 Å². The summed E-state index contributed by atoms with van der Waals surface area (Å²) in [5.74, 6) is -0.220. The molecular weight excluding hydrogens is 450 g/mol. The maximum atomic E-state index is 12.9. The number of carbonyl (C=O) groups is 1. The first-order valence-corrected chi connectivity index (χ1v) is 12.7. The molecule has 192 valence electrons. The number of hydrogen-bond acceptors (Lipinski definition) is 8. The molecule has 2 aromatic rings. The third kappa shape index (κ3) is 6.22. The summed E-state index contributed by atoms with van der Waals surface area (Å²) in [6, 6.07) is 2.17. The Labute approximate surface area is 205 Å². The van der Waals surface area contributed by atoms with Crippen LogP contribution in [0.2, 0.25) is 0 Å². The standard InChI is InChI=1S/C26H37N3O6/c1-18-21-16-19-4-2-8-29-9-3-5-20(24(19)29)25(21)35-26(31)22(18)17-23(30)28-7-11-33-13-15-34-14-12-32-10-6-27/h16H,2-15,17,27H2,1H3,(H,28,30). The van der Waals surface area contributed by atoms with Crippen molar-refractivity contribution in [3.63, 3.8) is 0 Å². The summed E-state index contributed by atoms with van der Waals surface area (Å²) in [7, 11) is 0. The second-order valence-electron chi connectivity index (χ2n) is 9.08. The summed E-state index contributed by atoms with van der Waals surface area (Å²) in [6.45, 7) is 7.72. The number of nitrogens with zero attached hydrogens (tertiary/aromatic N) is 1. The van der Waals surface area contributed by atoms with Crippen molar-refractivity contribution in [2.24, 2.45) is 5.73 Å². The van der Waals surface area contributed by atoms with Crippen molar-refractivity contribution in [2.45, 2.75) is 39.0 Å². The minimum absolute atomic E-state index is 0.00540. The van der Waals surface area contributed by atoms with E-state index in [-0.39, 0.29) is 12.3 Å². The molecule has 35 heavy (non-hydrogen) atoms. The second-order valence-corrected chi connectivity index (χ2v) is 9.08. The number of nitrogens with one attached hydrogen (secondary N) is 1. The van der Waals surface area contributed by atoms with E-state index in [0.29, 0.717) is 63.9 Å². The highest BCUT2D eigenvalue weighted by Crippen LogP contribution is 2.40. The first-order valence-electron chi connectivity index (χ1n) is 12.7. The molecule has 0 spiro atoms. The number of hydrogen-bond donors (Lipinski definition) is 2. The molecule has 0 radical (unpaired) electrons. The average molecular weight is 488 g/mol. The number of carbonyl (C=O) groups excluding carboxylic acids is 1. The number of nitrogens with two attached hydrogens (primary N) is 1. The zero-order valence-corrected chi connectivity index (χ0v) is 20.7. The first kappa shape index (κ1) is 25.6. The highest BCUT2D eigenvalue weighted by Gasteiger charge is 2.28. The molecule has 0 aliphatic carbocycles. The Bertz CT molecular complexity index is 1080. The van der Waals surface area contributed by atoms with Crippen LogP contribution in [0.5, 0.6) is 0 Å². The molecule has 4 rings (SSSR count). The van der Waals surface area contributed by atoms with E-state index < -0.39 is 5.63 Å². The molecule has 9 nitrogen and oxygen atoms in total. The van der Waals surface area contributed by atoms with Gasteiger partial charge in [0.15, 0.2) is 0 Å². The minimum atomic E-state index is -0.418. The summed E-state index contributed by atoms with van der Waals surface area (Å²) in [4.78, 5) is 27.8. The van der Waals surface area contributed by atoms with Crippen molar-refractivity contribution < 1.29 is 23.4 Å². The molecule has 3 heterocycles. The Balaban J connectivity index is 1.30. The van der Waals surface area contributed by atoms with Crippen molar-refractivity contribution in [2.75, 3.05) is 70.7 Å². The topological polar surface area (TPSA) is 116 Å².